The maximum absolute atomic E-state index is 5.67. The Morgan fingerprint density at radius 1 is 1.53 bits per heavy atom. The summed E-state index contributed by atoms with van der Waals surface area (Å²) in [7, 11) is 0. The number of ether oxygens (including phenoxy) is 3. The van der Waals surface area contributed by atoms with E-state index in [0.29, 0.717) is 43.3 Å². The van der Waals surface area contributed by atoms with Crippen molar-refractivity contribution in [2.45, 2.75) is 20.0 Å². The van der Waals surface area contributed by atoms with Gasteiger partial charge in [0, 0.05) is 25.2 Å². The van der Waals surface area contributed by atoms with Gasteiger partial charge >= 0.3 is 0 Å². The first kappa shape index (κ1) is 14.0. The van der Waals surface area contributed by atoms with Gasteiger partial charge in [-0.05, 0) is 13.3 Å². The minimum absolute atomic E-state index is 0.342. The van der Waals surface area contributed by atoms with Gasteiger partial charge in [0.1, 0.15) is 12.4 Å². The summed E-state index contributed by atoms with van der Waals surface area (Å²) in [5.74, 6) is 7.38. The maximum atomic E-state index is 5.67. The third kappa shape index (κ3) is 4.30. The summed E-state index contributed by atoms with van der Waals surface area (Å²) >= 11 is 0. The molecule has 1 aliphatic rings. The van der Waals surface area contributed by atoms with E-state index in [1.807, 2.05) is 6.92 Å². The van der Waals surface area contributed by atoms with Crippen LogP contribution in [0.3, 0.4) is 0 Å². The van der Waals surface area contributed by atoms with Gasteiger partial charge in [-0.2, -0.15) is 4.98 Å². The van der Waals surface area contributed by atoms with Crippen molar-refractivity contribution in [2.75, 3.05) is 31.9 Å². The number of anilines is 1. The van der Waals surface area contributed by atoms with Crippen LogP contribution < -0.4 is 16.0 Å². The largest absolute Gasteiger partial charge is 0.477 e. The van der Waals surface area contributed by atoms with Gasteiger partial charge in [-0.1, -0.05) is 0 Å². The Labute approximate surface area is 112 Å². The Morgan fingerprint density at radius 2 is 2.42 bits per heavy atom. The van der Waals surface area contributed by atoms with Crippen molar-refractivity contribution in [2.24, 2.45) is 11.8 Å². The fourth-order valence-electron chi connectivity index (χ4n) is 1.80. The molecule has 7 heteroatoms. The zero-order chi connectivity index (χ0) is 13.5. The van der Waals surface area contributed by atoms with Crippen molar-refractivity contribution in [3.63, 3.8) is 0 Å². The Morgan fingerprint density at radius 3 is 3.11 bits per heavy atom. The average Bonchev–Trinajstić information content (AvgIpc) is 2.96. The molecule has 0 saturated carbocycles. The quantitative estimate of drug-likeness (QED) is 0.556. The average molecular weight is 268 g/mol. The van der Waals surface area contributed by atoms with E-state index in [2.05, 4.69) is 15.4 Å². The number of aromatic nitrogens is 2. The second-order valence-corrected chi connectivity index (χ2v) is 4.33. The van der Waals surface area contributed by atoms with Crippen molar-refractivity contribution < 1.29 is 14.2 Å². The molecule has 0 radical (unpaired) electrons. The van der Waals surface area contributed by atoms with Crippen LogP contribution in [0.1, 0.15) is 19.2 Å². The predicted octanol–water partition coefficient (Wildman–Crippen LogP) is 0.714. The van der Waals surface area contributed by atoms with Gasteiger partial charge in [-0.15, -0.1) is 0 Å². The number of hydrazine groups is 1. The van der Waals surface area contributed by atoms with Crippen LogP contribution in [-0.4, -0.2) is 36.4 Å². The highest BCUT2D eigenvalue weighted by Crippen LogP contribution is 2.17. The van der Waals surface area contributed by atoms with Gasteiger partial charge in [0.2, 0.25) is 5.88 Å². The molecular weight excluding hydrogens is 248 g/mol. The number of rotatable bonds is 7. The smallest absolute Gasteiger partial charge is 0.218 e. The van der Waals surface area contributed by atoms with Crippen molar-refractivity contribution in [3.8, 4) is 5.88 Å². The standard InChI is InChI=1S/C12H20N4O3/c1-2-17-8-11-14-10(16-13)5-12(15-11)19-7-9-3-4-18-6-9/h5,9H,2-4,6-8,13H2,1H3,(H,14,15,16). The first-order valence-electron chi connectivity index (χ1n) is 6.44. The Balaban J connectivity index is 1.96. The summed E-state index contributed by atoms with van der Waals surface area (Å²) in [5, 5.41) is 0. The Bertz CT molecular complexity index is 397. The molecule has 1 saturated heterocycles. The van der Waals surface area contributed by atoms with Crippen LogP contribution in [0.15, 0.2) is 6.07 Å². The first-order chi connectivity index (χ1) is 9.31. The van der Waals surface area contributed by atoms with E-state index >= 15 is 0 Å². The van der Waals surface area contributed by atoms with E-state index in [0.717, 1.165) is 19.6 Å². The highest BCUT2D eigenvalue weighted by molar-refractivity contribution is 5.36. The van der Waals surface area contributed by atoms with Crippen molar-refractivity contribution >= 4 is 5.82 Å². The Hall–Kier alpha value is -1.44. The molecule has 1 aromatic heterocycles. The topological polar surface area (TPSA) is 91.5 Å². The molecule has 1 fully saturated rings. The highest BCUT2D eigenvalue weighted by Gasteiger charge is 2.17. The summed E-state index contributed by atoms with van der Waals surface area (Å²) in [4.78, 5) is 8.48. The molecule has 0 amide bonds. The summed E-state index contributed by atoms with van der Waals surface area (Å²) in [6.45, 7) is 5.02. The maximum Gasteiger partial charge on any atom is 0.218 e. The summed E-state index contributed by atoms with van der Waals surface area (Å²) in [6, 6.07) is 1.67. The fraction of sp³-hybridized carbons (Fsp3) is 0.667. The summed E-state index contributed by atoms with van der Waals surface area (Å²) in [5.41, 5.74) is 2.50. The lowest BCUT2D eigenvalue weighted by molar-refractivity contribution is 0.127. The van der Waals surface area contributed by atoms with Crippen LogP contribution in [0, 0.1) is 5.92 Å². The van der Waals surface area contributed by atoms with Crippen LogP contribution in [-0.2, 0) is 16.1 Å². The van der Waals surface area contributed by atoms with Crippen LogP contribution in [0.5, 0.6) is 5.88 Å². The third-order valence-corrected chi connectivity index (χ3v) is 2.82. The molecule has 19 heavy (non-hydrogen) atoms. The van der Waals surface area contributed by atoms with Crippen molar-refractivity contribution in [1.82, 2.24) is 9.97 Å². The summed E-state index contributed by atoms with van der Waals surface area (Å²) < 4.78 is 16.3. The molecule has 0 aliphatic carbocycles. The number of nitrogens with one attached hydrogen (secondary N) is 1. The monoisotopic (exact) mass is 268 g/mol. The second kappa shape index (κ2) is 7.22. The molecule has 1 atom stereocenters. The lowest BCUT2D eigenvalue weighted by atomic mass is 10.1. The summed E-state index contributed by atoms with van der Waals surface area (Å²) in [6.07, 6.45) is 1.03. The SMILES string of the molecule is CCOCc1nc(NN)cc(OCC2CCOC2)n1. The van der Waals surface area contributed by atoms with Crippen molar-refractivity contribution in [1.29, 1.82) is 0 Å². The molecule has 3 N–H and O–H groups in total. The number of hydrogen-bond acceptors (Lipinski definition) is 7. The van der Waals surface area contributed by atoms with Crippen LogP contribution in [0.25, 0.3) is 0 Å². The van der Waals surface area contributed by atoms with Crippen LogP contribution in [0.2, 0.25) is 0 Å². The lowest BCUT2D eigenvalue weighted by Gasteiger charge is -2.11. The molecule has 106 valence electrons. The van der Waals surface area contributed by atoms with Crippen LogP contribution >= 0.6 is 0 Å². The van der Waals surface area contributed by atoms with Gasteiger partial charge in [-0.3, -0.25) is 0 Å². The van der Waals surface area contributed by atoms with Gasteiger partial charge < -0.3 is 19.6 Å². The third-order valence-electron chi connectivity index (χ3n) is 2.82. The number of hydrogen-bond donors (Lipinski definition) is 2. The van der Waals surface area contributed by atoms with E-state index in [9.17, 15) is 0 Å². The molecule has 1 aromatic rings. The minimum Gasteiger partial charge on any atom is -0.477 e. The van der Waals surface area contributed by atoms with E-state index in [1.54, 1.807) is 6.07 Å². The van der Waals surface area contributed by atoms with Gasteiger partial charge in [0.25, 0.3) is 0 Å². The molecule has 2 rings (SSSR count). The fourth-order valence-corrected chi connectivity index (χ4v) is 1.80. The minimum atomic E-state index is 0.342. The van der Waals surface area contributed by atoms with Crippen molar-refractivity contribution in [3.05, 3.63) is 11.9 Å². The van der Waals surface area contributed by atoms with Gasteiger partial charge in [0.05, 0.1) is 13.2 Å². The number of nitrogen functional groups attached to an aromatic ring is 1. The number of nitrogens with two attached hydrogens (primary N) is 1. The van der Waals surface area contributed by atoms with E-state index < -0.39 is 0 Å². The van der Waals surface area contributed by atoms with Crippen LogP contribution in [0.4, 0.5) is 5.82 Å². The molecule has 0 spiro atoms. The molecule has 0 aromatic carbocycles. The highest BCUT2D eigenvalue weighted by atomic mass is 16.5. The normalized spacial score (nSPS) is 18.5. The number of nitrogens with zero attached hydrogens (tertiary/aromatic N) is 2. The molecular formula is C12H20N4O3. The molecule has 2 heterocycles. The van der Waals surface area contributed by atoms with Gasteiger partial charge in [-0.25, -0.2) is 10.8 Å². The zero-order valence-electron chi connectivity index (χ0n) is 11.1. The molecule has 7 nitrogen and oxygen atoms in total. The predicted molar refractivity (Wildman–Crippen MR) is 69.6 cm³/mol. The van der Waals surface area contributed by atoms with E-state index in [1.165, 1.54) is 0 Å². The second-order valence-electron chi connectivity index (χ2n) is 4.33. The molecule has 1 unspecified atom stereocenters. The zero-order valence-corrected chi connectivity index (χ0v) is 11.1. The van der Waals surface area contributed by atoms with Gasteiger partial charge in [0.15, 0.2) is 5.82 Å². The molecule has 1 aliphatic heterocycles. The van der Waals surface area contributed by atoms with E-state index in [-0.39, 0.29) is 0 Å². The van der Waals surface area contributed by atoms with E-state index in [4.69, 9.17) is 20.1 Å². The first-order valence-corrected chi connectivity index (χ1v) is 6.44. The molecule has 0 bridgehead atoms. The Kier molecular flexibility index (Phi) is 5.31. The lowest BCUT2D eigenvalue weighted by Crippen LogP contribution is -2.15.